The zero-order valence-corrected chi connectivity index (χ0v) is 79.5. The van der Waals surface area contributed by atoms with Crippen LogP contribution in [-0.4, -0.2) is 39.0 Å². The normalized spacial score (nSPS) is 12.3. The van der Waals surface area contributed by atoms with Crippen molar-refractivity contribution in [1.29, 1.82) is 0 Å². The fraction of sp³-hybridized carbons (Fsp3) is 0.0222. The summed E-state index contributed by atoms with van der Waals surface area (Å²) in [6.45, 7) is 4.77. The van der Waals surface area contributed by atoms with Crippen LogP contribution in [0, 0.1) is 0 Å². The Balaban J connectivity index is 0.000000141. The Kier molecular flexibility index (Phi) is 19.7. The van der Waals surface area contributed by atoms with Gasteiger partial charge in [0.15, 0.2) is 34.9 Å². The number of rotatable bonds is 13. The van der Waals surface area contributed by atoms with Crippen molar-refractivity contribution in [2.45, 2.75) is 19.3 Å². The first-order valence-corrected chi connectivity index (χ1v) is 50.0. The Morgan fingerprint density at radius 1 is 0.181 bits per heavy atom. The zero-order chi connectivity index (χ0) is 95.2. The number of fused-ring (bicyclic) bond motifs is 25. The van der Waals surface area contributed by atoms with Gasteiger partial charge in [-0.3, -0.25) is 0 Å². The minimum absolute atomic E-state index is 0.167. The summed E-state index contributed by atoms with van der Waals surface area (Å²) in [5.41, 5.74) is 29.5. The van der Waals surface area contributed by atoms with E-state index in [0.717, 1.165) is 122 Å². The minimum atomic E-state index is -0.167. The largest absolute Gasteiger partial charge is 0.309 e. The van der Waals surface area contributed by atoms with Gasteiger partial charge in [-0.2, -0.15) is 0 Å². The van der Waals surface area contributed by atoms with Gasteiger partial charge in [-0.15, -0.1) is 11.3 Å². The second-order valence-electron chi connectivity index (χ2n) is 38.2. The SMILES string of the molecule is CC1(C)c2ccccc2-c2ccc3c4ccc(-c5cccc(-c6cccc(-c7cc(-c8nc(-c9ccccc9)nc(-c9ccccc9)n8)c8c9ccccc9c9ccccc9c8c7)c6)c5)cc4n(-c4ccccc4)c3c21.c1ccc(-c2nc(-c3ccccc3)nc(-c3cc(-c4ccc(-c5ccc6c(c5)c5cc7c(cc5n6-c5ccccc5)sc5ccccc57)cc4)cc4c5ccccc5c5ccccc5c34)n2)cc1. The minimum Gasteiger partial charge on any atom is -0.309 e. The van der Waals surface area contributed by atoms with Crippen molar-refractivity contribution >= 4 is 140 Å². The molecule has 0 bridgehead atoms. The molecular formula is C135H86N8S. The van der Waals surface area contributed by atoms with Crippen LogP contribution in [0.2, 0.25) is 0 Å². The lowest BCUT2D eigenvalue weighted by molar-refractivity contribution is 0.664. The molecule has 5 aromatic heterocycles. The number of thiophene rings is 1. The van der Waals surface area contributed by atoms with Crippen molar-refractivity contribution in [3.8, 4) is 146 Å². The third kappa shape index (κ3) is 13.9. The van der Waals surface area contributed by atoms with Crippen molar-refractivity contribution in [3.05, 3.63) is 496 Å². The monoisotopic (exact) mass is 1850 g/mol. The zero-order valence-electron chi connectivity index (χ0n) is 78.7. The van der Waals surface area contributed by atoms with E-state index in [1.165, 1.54) is 129 Å². The fourth-order valence-electron chi connectivity index (χ4n) is 22.9. The highest BCUT2D eigenvalue weighted by Crippen LogP contribution is 2.55. The number of aromatic nitrogens is 8. The smallest absolute Gasteiger partial charge is 0.164 e. The van der Waals surface area contributed by atoms with Crippen LogP contribution in [0.4, 0.5) is 0 Å². The number of hydrogen-bond acceptors (Lipinski definition) is 7. The number of hydrogen-bond donors (Lipinski definition) is 0. The van der Waals surface area contributed by atoms with Crippen molar-refractivity contribution in [1.82, 2.24) is 39.0 Å². The molecule has 0 amide bonds. The van der Waals surface area contributed by atoms with Crippen molar-refractivity contribution in [2.24, 2.45) is 0 Å². The van der Waals surface area contributed by atoms with Gasteiger partial charge in [-0.25, -0.2) is 29.9 Å². The molecule has 5 heterocycles. The second kappa shape index (κ2) is 33.9. The molecule has 0 fully saturated rings. The Bertz CT molecular complexity index is 9980. The van der Waals surface area contributed by atoms with E-state index in [2.05, 4.69) is 435 Å². The summed E-state index contributed by atoms with van der Waals surface area (Å²) in [5, 5.41) is 21.7. The summed E-state index contributed by atoms with van der Waals surface area (Å²) in [6.07, 6.45) is 0. The van der Waals surface area contributed by atoms with Gasteiger partial charge in [0.1, 0.15) is 0 Å². The van der Waals surface area contributed by atoms with Crippen LogP contribution in [0.25, 0.3) is 275 Å². The molecule has 8 nitrogen and oxygen atoms in total. The van der Waals surface area contributed by atoms with Crippen LogP contribution < -0.4 is 0 Å². The highest BCUT2D eigenvalue weighted by Gasteiger charge is 2.39. The summed E-state index contributed by atoms with van der Waals surface area (Å²) >= 11 is 1.87. The lowest BCUT2D eigenvalue weighted by Crippen LogP contribution is -2.16. The van der Waals surface area contributed by atoms with Gasteiger partial charge in [0, 0.05) is 103 Å². The number of benzene rings is 23. The quantitative estimate of drug-likeness (QED) is 0.107. The van der Waals surface area contributed by atoms with Crippen LogP contribution in [0.3, 0.4) is 0 Å². The van der Waals surface area contributed by atoms with Gasteiger partial charge in [0.25, 0.3) is 0 Å². The molecule has 1 aliphatic rings. The molecule has 23 aromatic carbocycles. The molecule has 9 heteroatoms. The Morgan fingerprint density at radius 3 is 1.03 bits per heavy atom. The maximum absolute atomic E-state index is 5.33. The van der Waals surface area contributed by atoms with Gasteiger partial charge in [-0.1, -0.05) is 402 Å². The molecule has 672 valence electrons. The average molecular weight is 1850 g/mol. The molecule has 1 aliphatic carbocycles. The number of para-hydroxylation sites is 2. The van der Waals surface area contributed by atoms with E-state index >= 15 is 0 Å². The lowest BCUT2D eigenvalue weighted by atomic mass is 9.81. The van der Waals surface area contributed by atoms with Crippen LogP contribution in [0.1, 0.15) is 25.0 Å². The van der Waals surface area contributed by atoms with Gasteiger partial charge in [-0.05, 0) is 229 Å². The van der Waals surface area contributed by atoms with Crippen molar-refractivity contribution in [2.75, 3.05) is 0 Å². The fourth-order valence-corrected chi connectivity index (χ4v) is 24.0. The Labute approximate surface area is 834 Å². The van der Waals surface area contributed by atoms with E-state index in [9.17, 15) is 0 Å². The van der Waals surface area contributed by atoms with E-state index in [0.29, 0.717) is 34.9 Å². The van der Waals surface area contributed by atoms with Gasteiger partial charge in [0.2, 0.25) is 0 Å². The molecule has 29 rings (SSSR count). The topological polar surface area (TPSA) is 87.2 Å². The van der Waals surface area contributed by atoms with E-state index in [1.807, 2.05) is 84.1 Å². The summed E-state index contributed by atoms with van der Waals surface area (Å²) in [5.74, 6) is 3.81. The summed E-state index contributed by atoms with van der Waals surface area (Å²) in [7, 11) is 0. The average Bonchev–Trinajstić information content (AvgIpc) is 1.53. The molecular weight excluding hydrogens is 1770 g/mol. The first-order valence-electron chi connectivity index (χ1n) is 49.2. The third-order valence-corrected chi connectivity index (χ3v) is 30.7. The molecule has 0 atom stereocenters. The van der Waals surface area contributed by atoms with Crippen LogP contribution in [0.5, 0.6) is 0 Å². The molecule has 0 unspecified atom stereocenters. The maximum Gasteiger partial charge on any atom is 0.164 e. The van der Waals surface area contributed by atoms with E-state index in [1.54, 1.807) is 0 Å². The summed E-state index contributed by atoms with van der Waals surface area (Å²) in [4.78, 5) is 31.4. The van der Waals surface area contributed by atoms with E-state index in [4.69, 9.17) is 29.9 Å². The first-order chi connectivity index (χ1) is 71.1. The predicted octanol–water partition coefficient (Wildman–Crippen LogP) is 35.9. The highest BCUT2D eigenvalue weighted by molar-refractivity contribution is 7.25. The van der Waals surface area contributed by atoms with Crippen LogP contribution in [0.15, 0.2) is 485 Å². The van der Waals surface area contributed by atoms with Crippen LogP contribution >= 0.6 is 11.3 Å². The van der Waals surface area contributed by atoms with Crippen molar-refractivity contribution in [3.63, 3.8) is 0 Å². The van der Waals surface area contributed by atoms with Gasteiger partial charge < -0.3 is 9.13 Å². The molecule has 0 saturated heterocycles. The molecule has 0 spiro atoms. The number of nitrogens with zero attached hydrogens (tertiary/aromatic N) is 8. The Morgan fingerprint density at radius 2 is 0.528 bits per heavy atom. The van der Waals surface area contributed by atoms with E-state index < -0.39 is 0 Å². The van der Waals surface area contributed by atoms with Gasteiger partial charge >= 0.3 is 0 Å². The second-order valence-corrected chi connectivity index (χ2v) is 39.3. The highest BCUT2D eigenvalue weighted by atomic mass is 32.1. The predicted molar refractivity (Wildman–Crippen MR) is 604 cm³/mol. The Hall–Kier alpha value is -18.5. The molecule has 0 saturated carbocycles. The molecule has 0 N–H and O–H groups in total. The first kappa shape index (κ1) is 83.6. The summed E-state index contributed by atoms with van der Waals surface area (Å²) in [6, 6.07) is 175. The van der Waals surface area contributed by atoms with Crippen molar-refractivity contribution < 1.29 is 0 Å². The molecule has 144 heavy (non-hydrogen) atoms. The maximum atomic E-state index is 5.33. The van der Waals surface area contributed by atoms with Gasteiger partial charge in [0.05, 0.1) is 22.1 Å². The van der Waals surface area contributed by atoms with Crippen LogP contribution in [-0.2, 0) is 5.41 Å². The molecule has 28 aromatic rings. The summed E-state index contributed by atoms with van der Waals surface area (Å²) < 4.78 is 7.55. The molecule has 0 radical (unpaired) electrons. The lowest BCUT2D eigenvalue weighted by Gasteiger charge is -2.23. The standard InChI is InChI=1S/C72H48N4.C63H38N4S/c1-72(2)64-35-17-16-33-57(64)60-38-39-61-58-37-36-51(44-65(58)76(68(61)67(60)72)53-28-10-5-11-29-53)49-26-18-24-47(40-49)48-25-19-27-50(41-48)52-42-62-56-32-13-12-30-54(56)55-31-14-15-34-59(55)66(62)63(43-52)71-74-69(45-20-6-3-7-21-45)73-70(75-71)46-22-8-4-9-23-46;1-4-16-41(17-5-1)61-64-62(42-18-6-2-7-19-42)66-63(65-61)55-36-44(35-54-48-24-11-10-22-46(48)47-23-12-13-26-50(47)60(54)55)40-30-28-39(29-31-40)43-32-33-56-51(34-43)52-37-53-49-25-14-15-27-58(49)68-59(53)38-57(52)67(56)45-20-8-3-9-21-45/h3-44H,1-2H3;1-38H. The third-order valence-electron chi connectivity index (χ3n) is 29.6. The molecule has 0 aliphatic heterocycles. The van der Waals surface area contributed by atoms with E-state index in [-0.39, 0.29) is 5.41 Å².